The van der Waals surface area contributed by atoms with E-state index in [9.17, 15) is 9.59 Å². The summed E-state index contributed by atoms with van der Waals surface area (Å²) in [6.07, 6.45) is 0. The lowest BCUT2D eigenvalue weighted by molar-refractivity contribution is 0.0972. The number of anilines is 2. The summed E-state index contributed by atoms with van der Waals surface area (Å²) < 4.78 is 11.0. The zero-order valence-electron chi connectivity index (χ0n) is 19.2. The van der Waals surface area contributed by atoms with Crippen LogP contribution in [0.2, 0.25) is 0 Å². The van der Waals surface area contributed by atoms with Crippen LogP contribution in [0.15, 0.2) is 95.4 Å². The van der Waals surface area contributed by atoms with Gasteiger partial charge in [0.15, 0.2) is 10.9 Å². The van der Waals surface area contributed by atoms with Gasteiger partial charge in [-0.05, 0) is 71.5 Å². The molecule has 3 N–H and O–H groups in total. The number of carbonyl (C=O) groups is 2. The van der Waals surface area contributed by atoms with Crippen molar-refractivity contribution in [1.29, 1.82) is 0 Å². The summed E-state index contributed by atoms with van der Waals surface area (Å²) in [7, 11) is 1.52. The number of methoxy groups -OCH3 is 1. The number of nitrogens with one attached hydrogen (secondary N) is 3. The third-order valence-electron chi connectivity index (χ3n) is 5.59. The van der Waals surface area contributed by atoms with Gasteiger partial charge in [-0.2, -0.15) is 0 Å². The molecule has 7 nitrogen and oxygen atoms in total. The lowest BCUT2D eigenvalue weighted by atomic mass is 10.1. The fraction of sp³-hybridized carbons (Fsp3) is 0.0357. The Morgan fingerprint density at radius 2 is 1.36 bits per heavy atom. The quantitative estimate of drug-likeness (QED) is 0.260. The molecule has 0 saturated heterocycles. The molecule has 178 valence electrons. The van der Waals surface area contributed by atoms with Crippen LogP contribution in [-0.2, 0) is 0 Å². The molecule has 0 fully saturated rings. The van der Waals surface area contributed by atoms with Gasteiger partial charge in [0.1, 0.15) is 11.3 Å². The van der Waals surface area contributed by atoms with E-state index in [1.54, 1.807) is 36.4 Å². The lowest BCUT2D eigenvalue weighted by Gasteiger charge is -2.13. The molecular weight excluding hydrogens is 474 g/mol. The summed E-state index contributed by atoms with van der Waals surface area (Å²) in [6.45, 7) is 0. The summed E-state index contributed by atoms with van der Waals surface area (Å²) >= 11 is 5.32. The van der Waals surface area contributed by atoms with Gasteiger partial charge in [0, 0.05) is 16.8 Å². The van der Waals surface area contributed by atoms with Crippen molar-refractivity contribution in [1.82, 2.24) is 5.32 Å². The van der Waals surface area contributed by atoms with Crippen molar-refractivity contribution in [2.75, 3.05) is 17.7 Å². The standard InChI is InChI=1S/C28H21N3O4S/c1-34-24-15-18-7-3-2-6-17(18)14-22(24)26(32)31-28(36)30-21-12-10-20(11-13-21)29-27(33)25-16-19-8-4-5-9-23(19)35-25/h2-16H,1H3,(H,29,33)(H2,30,31,32,36). The van der Waals surface area contributed by atoms with Gasteiger partial charge >= 0.3 is 0 Å². The van der Waals surface area contributed by atoms with Gasteiger partial charge in [-0.1, -0.05) is 42.5 Å². The minimum absolute atomic E-state index is 0.134. The second-order valence-electron chi connectivity index (χ2n) is 7.99. The van der Waals surface area contributed by atoms with Gasteiger partial charge in [-0.3, -0.25) is 14.9 Å². The Morgan fingerprint density at radius 3 is 2.03 bits per heavy atom. The monoisotopic (exact) mass is 495 g/mol. The molecule has 5 rings (SSSR count). The van der Waals surface area contributed by atoms with Gasteiger partial charge in [0.2, 0.25) is 0 Å². The van der Waals surface area contributed by atoms with E-state index in [1.807, 2.05) is 54.6 Å². The van der Waals surface area contributed by atoms with Crippen LogP contribution in [0.25, 0.3) is 21.7 Å². The van der Waals surface area contributed by atoms with Crippen molar-refractivity contribution in [2.24, 2.45) is 0 Å². The molecule has 0 spiro atoms. The summed E-state index contributed by atoms with van der Waals surface area (Å²) in [5, 5.41) is 11.3. The molecule has 36 heavy (non-hydrogen) atoms. The number of fused-ring (bicyclic) bond motifs is 2. The van der Waals surface area contributed by atoms with Crippen molar-refractivity contribution in [3.05, 3.63) is 102 Å². The Hall–Kier alpha value is -4.69. The molecule has 0 aliphatic carbocycles. The Bertz CT molecular complexity index is 1580. The average Bonchev–Trinajstić information content (AvgIpc) is 3.33. The van der Waals surface area contributed by atoms with Crippen LogP contribution in [-0.4, -0.2) is 24.0 Å². The van der Waals surface area contributed by atoms with E-state index >= 15 is 0 Å². The van der Waals surface area contributed by atoms with Gasteiger partial charge in [0.05, 0.1) is 12.7 Å². The summed E-state index contributed by atoms with van der Waals surface area (Å²) in [5.41, 5.74) is 2.26. The highest BCUT2D eigenvalue weighted by Crippen LogP contribution is 2.26. The molecule has 0 aliphatic rings. The summed E-state index contributed by atoms with van der Waals surface area (Å²) in [6, 6.07) is 27.4. The van der Waals surface area contributed by atoms with E-state index in [1.165, 1.54) is 7.11 Å². The molecule has 0 aliphatic heterocycles. The first-order valence-electron chi connectivity index (χ1n) is 11.1. The van der Waals surface area contributed by atoms with Crippen molar-refractivity contribution in [3.63, 3.8) is 0 Å². The average molecular weight is 496 g/mol. The first kappa shape index (κ1) is 23.1. The number of hydrogen-bond acceptors (Lipinski definition) is 5. The number of ether oxygens (including phenoxy) is 1. The molecule has 1 heterocycles. The minimum atomic E-state index is -0.384. The number of para-hydroxylation sites is 1. The van der Waals surface area contributed by atoms with E-state index < -0.39 is 0 Å². The van der Waals surface area contributed by atoms with Crippen molar-refractivity contribution in [2.45, 2.75) is 0 Å². The Labute approximate surface area is 212 Å². The van der Waals surface area contributed by atoms with Crippen molar-refractivity contribution in [3.8, 4) is 5.75 Å². The topological polar surface area (TPSA) is 92.6 Å². The highest BCUT2D eigenvalue weighted by Gasteiger charge is 2.16. The molecule has 5 aromatic rings. The molecule has 0 bridgehead atoms. The second-order valence-corrected chi connectivity index (χ2v) is 8.40. The summed E-state index contributed by atoms with van der Waals surface area (Å²) in [4.78, 5) is 25.4. The third-order valence-corrected chi connectivity index (χ3v) is 5.79. The van der Waals surface area contributed by atoms with E-state index in [0.29, 0.717) is 28.3 Å². The molecule has 0 saturated carbocycles. The van der Waals surface area contributed by atoms with E-state index in [0.717, 1.165) is 16.2 Å². The van der Waals surface area contributed by atoms with Gasteiger partial charge in [0.25, 0.3) is 11.8 Å². The van der Waals surface area contributed by atoms with Gasteiger partial charge < -0.3 is 19.8 Å². The van der Waals surface area contributed by atoms with E-state index in [4.69, 9.17) is 21.4 Å². The molecule has 0 radical (unpaired) electrons. The van der Waals surface area contributed by atoms with Crippen LogP contribution < -0.4 is 20.7 Å². The lowest BCUT2D eigenvalue weighted by Crippen LogP contribution is -2.34. The Morgan fingerprint density at radius 1 is 0.750 bits per heavy atom. The fourth-order valence-electron chi connectivity index (χ4n) is 3.82. The maximum absolute atomic E-state index is 12.9. The van der Waals surface area contributed by atoms with Crippen LogP contribution in [0.1, 0.15) is 20.9 Å². The van der Waals surface area contributed by atoms with Crippen LogP contribution in [0.5, 0.6) is 5.75 Å². The molecule has 0 atom stereocenters. The fourth-order valence-corrected chi connectivity index (χ4v) is 4.03. The maximum atomic E-state index is 12.9. The zero-order valence-corrected chi connectivity index (χ0v) is 20.0. The number of amides is 2. The first-order valence-corrected chi connectivity index (χ1v) is 11.5. The van der Waals surface area contributed by atoms with Gasteiger partial charge in [-0.15, -0.1) is 0 Å². The van der Waals surface area contributed by atoms with Crippen LogP contribution >= 0.6 is 12.2 Å². The van der Waals surface area contributed by atoms with E-state index in [2.05, 4.69) is 16.0 Å². The number of hydrogen-bond donors (Lipinski definition) is 3. The third kappa shape index (κ3) is 4.89. The molecule has 4 aromatic carbocycles. The molecular formula is C28H21N3O4S. The Kier molecular flexibility index (Phi) is 6.34. The SMILES string of the molecule is COc1cc2ccccc2cc1C(=O)NC(=S)Nc1ccc(NC(=O)c2cc3ccccc3o2)cc1. The highest BCUT2D eigenvalue weighted by atomic mass is 32.1. The van der Waals surface area contributed by atoms with Crippen molar-refractivity contribution < 1.29 is 18.7 Å². The Balaban J connectivity index is 1.22. The molecule has 0 unspecified atom stereocenters. The predicted octanol–water partition coefficient (Wildman–Crippen LogP) is 5.97. The van der Waals surface area contributed by atoms with Crippen molar-refractivity contribution >= 4 is 62.3 Å². The number of benzene rings is 4. The second kappa shape index (κ2) is 9.89. The van der Waals surface area contributed by atoms with Crippen LogP contribution in [0, 0.1) is 0 Å². The molecule has 2 amide bonds. The molecule has 8 heteroatoms. The maximum Gasteiger partial charge on any atom is 0.291 e. The van der Waals surface area contributed by atoms with Crippen LogP contribution in [0.4, 0.5) is 11.4 Å². The number of rotatable bonds is 5. The predicted molar refractivity (Wildman–Crippen MR) is 145 cm³/mol. The first-order chi connectivity index (χ1) is 17.5. The largest absolute Gasteiger partial charge is 0.496 e. The smallest absolute Gasteiger partial charge is 0.291 e. The van der Waals surface area contributed by atoms with Gasteiger partial charge in [-0.25, -0.2) is 0 Å². The molecule has 1 aromatic heterocycles. The van der Waals surface area contributed by atoms with Crippen LogP contribution in [0.3, 0.4) is 0 Å². The minimum Gasteiger partial charge on any atom is -0.496 e. The normalized spacial score (nSPS) is 10.7. The zero-order chi connectivity index (χ0) is 25.1. The number of thiocarbonyl (C=S) groups is 1. The van der Waals surface area contributed by atoms with E-state index in [-0.39, 0.29) is 22.7 Å². The highest BCUT2D eigenvalue weighted by molar-refractivity contribution is 7.80. The number of furan rings is 1. The summed E-state index contributed by atoms with van der Waals surface area (Å²) in [5.74, 6) is -0.0474. The number of carbonyl (C=O) groups excluding carboxylic acids is 2.